The Morgan fingerprint density at radius 2 is 1.81 bits per heavy atom. The first-order chi connectivity index (χ1) is 13.2. The molecule has 1 aliphatic rings. The third-order valence-electron chi connectivity index (χ3n) is 4.82. The minimum Gasteiger partial charge on any atom is -0.338 e. The molecule has 0 spiro atoms. The van der Waals surface area contributed by atoms with Crippen molar-refractivity contribution in [1.82, 2.24) is 10.6 Å². The monoisotopic (exact) mass is 369 g/mol. The molecule has 2 heterocycles. The van der Waals surface area contributed by atoms with Crippen LogP contribution in [-0.4, -0.2) is 44.7 Å². The third-order valence-corrected chi connectivity index (χ3v) is 4.82. The van der Waals surface area contributed by atoms with E-state index in [0.717, 1.165) is 42.5 Å². The Morgan fingerprint density at radius 3 is 2.44 bits per heavy atom. The quantitative estimate of drug-likeness (QED) is 0.683. The van der Waals surface area contributed by atoms with Gasteiger partial charge in [-0.25, -0.2) is 9.78 Å². The minimum atomic E-state index is -0.444. The van der Waals surface area contributed by atoms with Crippen LogP contribution in [0.5, 0.6) is 0 Å². The maximum atomic E-state index is 12.9. The Labute approximate surface area is 159 Å². The summed E-state index contributed by atoms with van der Waals surface area (Å²) in [7, 11) is 0. The van der Waals surface area contributed by atoms with E-state index in [4.69, 9.17) is 0 Å². The molecule has 0 aliphatic carbocycles. The fourth-order valence-electron chi connectivity index (χ4n) is 3.51. The molecule has 0 radical (unpaired) electrons. The molecule has 1 aliphatic heterocycles. The lowest BCUT2D eigenvalue weighted by molar-refractivity contribution is -0.922. The Bertz CT molecular complexity index is 745. The van der Waals surface area contributed by atoms with Crippen LogP contribution in [0.3, 0.4) is 0 Å². The van der Waals surface area contributed by atoms with Gasteiger partial charge in [-0.05, 0) is 13.0 Å². The van der Waals surface area contributed by atoms with Crippen molar-refractivity contribution >= 4 is 17.8 Å². The van der Waals surface area contributed by atoms with Gasteiger partial charge in [0.15, 0.2) is 6.04 Å². The van der Waals surface area contributed by atoms with Crippen molar-refractivity contribution in [3.8, 4) is 0 Å². The van der Waals surface area contributed by atoms with E-state index in [1.807, 2.05) is 55.6 Å². The van der Waals surface area contributed by atoms with Gasteiger partial charge in [-0.1, -0.05) is 36.4 Å². The lowest BCUT2D eigenvalue weighted by atomic mass is 10.0. The van der Waals surface area contributed by atoms with Gasteiger partial charge < -0.3 is 10.2 Å². The van der Waals surface area contributed by atoms with E-state index in [9.17, 15) is 9.59 Å². The Hall–Kier alpha value is -2.93. The maximum Gasteiger partial charge on any atom is 0.321 e. The van der Waals surface area contributed by atoms with E-state index in [1.54, 1.807) is 0 Å². The number of pyridine rings is 1. The van der Waals surface area contributed by atoms with Crippen molar-refractivity contribution in [2.24, 2.45) is 0 Å². The summed E-state index contributed by atoms with van der Waals surface area (Å²) in [6.07, 6.45) is 1.92. The number of aromatic nitrogens is 1. The molecule has 3 rings (SSSR count). The van der Waals surface area contributed by atoms with Crippen LogP contribution in [0.4, 0.5) is 10.6 Å². The molecule has 0 saturated carbocycles. The van der Waals surface area contributed by atoms with Crippen LogP contribution < -0.4 is 25.4 Å². The third kappa shape index (κ3) is 4.83. The summed E-state index contributed by atoms with van der Waals surface area (Å²) < 4.78 is 0. The molecular weight excluding hydrogens is 342 g/mol. The second kappa shape index (κ2) is 9.14. The molecule has 1 saturated heterocycles. The first-order valence-electron chi connectivity index (χ1n) is 9.39. The molecule has 7 heteroatoms. The molecule has 1 aromatic carbocycles. The smallest absolute Gasteiger partial charge is 0.321 e. The number of imide groups is 1. The van der Waals surface area contributed by atoms with E-state index in [-0.39, 0.29) is 5.91 Å². The molecule has 27 heavy (non-hydrogen) atoms. The van der Waals surface area contributed by atoms with Gasteiger partial charge in [0.25, 0.3) is 11.7 Å². The van der Waals surface area contributed by atoms with Crippen LogP contribution in [0.1, 0.15) is 18.5 Å². The van der Waals surface area contributed by atoms with Crippen molar-refractivity contribution in [1.29, 1.82) is 0 Å². The van der Waals surface area contributed by atoms with Gasteiger partial charge >= 0.3 is 6.03 Å². The highest BCUT2D eigenvalue weighted by molar-refractivity contribution is 5.96. The molecule has 1 aromatic heterocycles. The average molecular weight is 369 g/mol. The van der Waals surface area contributed by atoms with E-state index < -0.39 is 12.1 Å². The number of amides is 3. The summed E-state index contributed by atoms with van der Waals surface area (Å²) in [4.78, 5) is 31.4. The predicted molar refractivity (Wildman–Crippen MR) is 102 cm³/mol. The van der Waals surface area contributed by atoms with Gasteiger partial charge in [0.1, 0.15) is 26.2 Å². The number of rotatable bonds is 5. The van der Waals surface area contributed by atoms with Crippen LogP contribution >= 0.6 is 0 Å². The number of nitrogens with zero attached hydrogens (tertiary/aromatic N) is 1. The van der Waals surface area contributed by atoms with E-state index >= 15 is 0 Å². The highest BCUT2D eigenvalue weighted by Crippen LogP contribution is 2.11. The minimum absolute atomic E-state index is 0.262. The van der Waals surface area contributed by atoms with Gasteiger partial charge in [0.05, 0.1) is 6.20 Å². The fraction of sp³-hybridized carbons (Fsp3) is 0.350. The number of carbonyl (C=O) groups excluding carboxylic acids is 2. The number of carbonyl (C=O) groups is 2. The Kier molecular flexibility index (Phi) is 6.38. The second-order valence-electron chi connectivity index (χ2n) is 6.59. The van der Waals surface area contributed by atoms with E-state index in [0.29, 0.717) is 6.54 Å². The van der Waals surface area contributed by atoms with Gasteiger partial charge in [-0.2, -0.15) is 0 Å². The largest absolute Gasteiger partial charge is 0.338 e. The maximum absolute atomic E-state index is 12.9. The summed E-state index contributed by atoms with van der Waals surface area (Å²) in [5, 5.41) is 5.11. The van der Waals surface area contributed by atoms with Gasteiger partial charge in [-0.15, -0.1) is 0 Å². The van der Waals surface area contributed by atoms with Crippen molar-refractivity contribution < 1.29 is 19.5 Å². The van der Waals surface area contributed by atoms with Crippen molar-refractivity contribution in [3.63, 3.8) is 0 Å². The SMILES string of the molecule is CCNC(=O)NC(=O)[C@@H](c1ccccc1)[NH+]1CCN(c2cccc[nH+]2)CC1. The number of hydrogen-bond acceptors (Lipinski definition) is 3. The standard InChI is InChI=1S/C20H25N5O2/c1-2-21-20(27)23-19(26)18(16-8-4-3-5-9-16)25-14-12-24(13-15-25)17-10-6-7-11-22-17/h3-11,18H,2,12-15H2,1H3,(H2,21,23,26,27)/p+2/t18-/m1/s1. The molecule has 7 nitrogen and oxygen atoms in total. The first kappa shape index (κ1) is 18.8. The van der Waals surface area contributed by atoms with Crippen molar-refractivity contribution in [2.75, 3.05) is 37.6 Å². The summed E-state index contributed by atoms with van der Waals surface area (Å²) in [6.45, 7) is 5.61. The first-order valence-corrected chi connectivity index (χ1v) is 9.39. The number of anilines is 1. The zero-order chi connectivity index (χ0) is 19.1. The van der Waals surface area contributed by atoms with Crippen LogP contribution in [0.15, 0.2) is 54.7 Å². The molecular formula is C20H27N5O2+2. The summed E-state index contributed by atoms with van der Waals surface area (Å²) in [5.41, 5.74) is 0.925. The molecule has 142 valence electrons. The zero-order valence-corrected chi connectivity index (χ0v) is 15.6. The van der Waals surface area contributed by atoms with Crippen molar-refractivity contribution in [2.45, 2.75) is 13.0 Å². The fourth-order valence-corrected chi connectivity index (χ4v) is 3.51. The van der Waals surface area contributed by atoms with Gasteiger partial charge in [0.2, 0.25) is 0 Å². The number of quaternary nitrogens is 1. The highest BCUT2D eigenvalue weighted by Gasteiger charge is 2.37. The number of piperazine rings is 1. The van der Waals surface area contributed by atoms with Crippen LogP contribution in [0.25, 0.3) is 0 Å². The lowest BCUT2D eigenvalue weighted by Gasteiger charge is -2.33. The number of H-pyrrole nitrogens is 1. The molecule has 0 bridgehead atoms. The summed E-state index contributed by atoms with van der Waals surface area (Å²) >= 11 is 0. The number of hydrogen-bond donors (Lipinski definition) is 3. The number of benzene rings is 1. The highest BCUT2D eigenvalue weighted by atomic mass is 16.2. The number of urea groups is 1. The summed E-state index contributed by atoms with van der Waals surface area (Å²) in [5.74, 6) is 0.821. The molecule has 1 fully saturated rings. The second-order valence-corrected chi connectivity index (χ2v) is 6.59. The van der Waals surface area contributed by atoms with Crippen LogP contribution in [0.2, 0.25) is 0 Å². The topological polar surface area (TPSA) is 80.0 Å². The predicted octanol–water partition coefficient (Wildman–Crippen LogP) is -0.207. The molecule has 1 atom stereocenters. The Morgan fingerprint density at radius 1 is 1.11 bits per heavy atom. The van der Waals surface area contributed by atoms with E-state index in [1.165, 1.54) is 0 Å². The summed E-state index contributed by atoms with van der Waals surface area (Å²) in [6, 6.07) is 14.9. The molecule has 3 amide bonds. The normalized spacial score (nSPS) is 15.8. The number of nitrogens with one attached hydrogen (secondary N) is 4. The van der Waals surface area contributed by atoms with Crippen LogP contribution in [-0.2, 0) is 4.79 Å². The van der Waals surface area contributed by atoms with E-state index in [2.05, 4.69) is 26.6 Å². The average Bonchev–Trinajstić information content (AvgIpc) is 2.70. The molecule has 2 aromatic rings. The van der Waals surface area contributed by atoms with Gasteiger partial charge in [-0.3, -0.25) is 15.0 Å². The van der Waals surface area contributed by atoms with Crippen LogP contribution in [0, 0.1) is 0 Å². The lowest BCUT2D eigenvalue weighted by Crippen LogP contribution is -3.16. The Balaban J connectivity index is 1.72. The van der Waals surface area contributed by atoms with Crippen molar-refractivity contribution in [3.05, 3.63) is 60.3 Å². The molecule has 4 N–H and O–H groups in total. The number of aromatic amines is 1. The molecule has 0 unspecified atom stereocenters. The zero-order valence-electron chi connectivity index (χ0n) is 15.6. The van der Waals surface area contributed by atoms with Gasteiger partial charge in [0, 0.05) is 18.2 Å².